The molecule has 0 unspecified atom stereocenters. The van der Waals surface area contributed by atoms with Crippen LogP contribution in [0.4, 0.5) is 0 Å². The van der Waals surface area contributed by atoms with Crippen molar-refractivity contribution in [1.82, 2.24) is 9.21 Å². The van der Waals surface area contributed by atoms with E-state index in [-0.39, 0.29) is 22.9 Å². The van der Waals surface area contributed by atoms with Crippen LogP contribution >= 0.6 is 0 Å². The molecular weight excluding hydrogens is 392 g/mol. The molecule has 0 saturated carbocycles. The average Bonchev–Trinajstić information content (AvgIpc) is 2.74. The second kappa shape index (κ2) is 8.94. The van der Waals surface area contributed by atoms with Crippen LogP contribution in [0.1, 0.15) is 21.5 Å². The van der Waals surface area contributed by atoms with Gasteiger partial charge in [-0.2, -0.15) is 4.31 Å². The maximum atomic E-state index is 13.1. The quantitative estimate of drug-likeness (QED) is 0.720. The van der Waals surface area contributed by atoms with Crippen molar-refractivity contribution >= 4 is 15.9 Å². The molecule has 0 bridgehead atoms. The molecule has 1 amide bonds. The number of carbonyl (C=O) groups is 1. The van der Waals surface area contributed by atoms with Gasteiger partial charge >= 0.3 is 0 Å². The molecule has 1 fully saturated rings. The summed E-state index contributed by atoms with van der Waals surface area (Å²) in [5.41, 5.74) is 2.24. The summed E-state index contributed by atoms with van der Waals surface area (Å²) in [6.07, 6.45) is 0. The molecule has 1 heterocycles. The maximum absolute atomic E-state index is 13.1. The van der Waals surface area contributed by atoms with Crippen LogP contribution in [0.25, 0.3) is 0 Å². The third kappa shape index (κ3) is 4.77. The summed E-state index contributed by atoms with van der Waals surface area (Å²) in [6, 6.07) is 12.1. The number of aryl methyl sites for hydroxylation is 1. The molecule has 29 heavy (non-hydrogen) atoms. The second-order valence-electron chi connectivity index (χ2n) is 7.01. The molecule has 1 saturated heterocycles. The van der Waals surface area contributed by atoms with E-state index in [9.17, 15) is 13.2 Å². The zero-order valence-corrected chi connectivity index (χ0v) is 17.7. The fourth-order valence-corrected chi connectivity index (χ4v) is 4.35. The molecule has 1 aliphatic rings. The van der Waals surface area contributed by atoms with E-state index in [1.54, 1.807) is 4.90 Å². The molecule has 3 rings (SSSR count). The van der Waals surface area contributed by atoms with Gasteiger partial charge in [0.15, 0.2) is 0 Å². The van der Waals surface area contributed by atoms with Crippen LogP contribution in [0.5, 0.6) is 5.75 Å². The Bertz CT molecular complexity index is 967. The van der Waals surface area contributed by atoms with Crippen molar-refractivity contribution in [2.45, 2.75) is 18.4 Å². The molecule has 0 atom stereocenters. The third-order valence-electron chi connectivity index (χ3n) is 4.93. The lowest BCUT2D eigenvalue weighted by Gasteiger charge is -2.27. The number of morpholine rings is 1. The monoisotopic (exact) mass is 418 g/mol. The van der Waals surface area contributed by atoms with Gasteiger partial charge in [-0.05, 0) is 30.7 Å². The van der Waals surface area contributed by atoms with Gasteiger partial charge in [-0.3, -0.25) is 4.79 Å². The first kappa shape index (κ1) is 21.3. The Morgan fingerprint density at radius 2 is 1.79 bits per heavy atom. The van der Waals surface area contributed by atoms with Gasteiger partial charge in [-0.1, -0.05) is 29.8 Å². The molecule has 0 spiro atoms. The number of benzene rings is 2. The van der Waals surface area contributed by atoms with Crippen molar-refractivity contribution in [1.29, 1.82) is 0 Å². The highest BCUT2D eigenvalue weighted by Gasteiger charge is 2.26. The largest absolute Gasteiger partial charge is 0.496 e. The van der Waals surface area contributed by atoms with Crippen LogP contribution in [0, 0.1) is 6.92 Å². The predicted molar refractivity (Wildman–Crippen MR) is 110 cm³/mol. The minimum atomic E-state index is -3.78. The fourth-order valence-electron chi connectivity index (χ4n) is 3.17. The van der Waals surface area contributed by atoms with Gasteiger partial charge < -0.3 is 14.4 Å². The van der Waals surface area contributed by atoms with E-state index in [1.807, 2.05) is 31.2 Å². The molecule has 156 valence electrons. The Morgan fingerprint density at radius 3 is 2.41 bits per heavy atom. The lowest BCUT2D eigenvalue weighted by atomic mass is 10.1. The van der Waals surface area contributed by atoms with Crippen molar-refractivity contribution in [2.75, 3.05) is 40.5 Å². The van der Waals surface area contributed by atoms with E-state index in [0.717, 1.165) is 11.1 Å². The lowest BCUT2D eigenvalue weighted by molar-refractivity contribution is 0.0300. The van der Waals surface area contributed by atoms with Crippen molar-refractivity contribution < 1.29 is 22.7 Å². The lowest BCUT2D eigenvalue weighted by Crippen LogP contribution is -2.40. The van der Waals surface area contributed by atoms with Crippen LogP contribution in [0.15, 0.2) is 47.4 Å². The summed E-state index contributed by atoms with van der Waals surface area (Å²) < 4.78 is 38.1. The Kier molecular flexibility index (Phi) is 6.56. The minimum Gasteiger partial charge on any atom is -0.496 e. The van der Waals surface area contributed by atoms with E-state index in [4.69, 9.17) is 9.47 Å². The van der Waals surface area contributed by atoms with Crippen LogP contribution in [0.3, 0.4) is 0 Å². The number of amides is 1. The fraction of sp³-hybridized carbons (Fsp3) is 0.381. The van der Waals surface area contributed by atoms with Gasteiger partial charge in [0.2, 0.25) is 10.0 Å². The van der Waals surface area contributed by atoms with Gasteiger partial charge in [0, 0.05) is 26.7 Å². The maximum Gasteiger partial charge on any atom is 0.257 e. The van der Waals surface area contributed by atoms with Gasteiger partial charge in [-0.15, -0.1) is 0 Å². The molecule has 8 heteroatoms. The van der Waals surface area contributed by atoms with E-state index in [2.05, 4.69) is 0 Å². The zero-order chi connectivity index (χ0) is 21.0. The summed E-state index contributed by atoms with van der Waals surface area (Å²) in [6.45, 7) is 4.07. The number of rotatable bonds is 6. The normalized spacial score (nSPS) is 14.8. The number of sulfonamides is 1. The molecule has 0 radical (unpaired) electrons. The van der Waals surface area contributed by atoms with Crippen LogP contribution in [-0.4, -0.2) is 64.0 Å². The molecule has 0 aromatic heterocycles. The van der Waals surface area contributed by atoms with Crippen molar-refractivity contribution in [3.8, 4) is 5.75 Å². The Labute approximate surface area is 171 Å². The third-order valence-corrected chi connectivity index (χ3v) is 6.73. The van der Waals surface area contributed by atoms with E-state index < -0.39 is 10.0 Å². The SMILES string of the molecule is COc1ccc(S(=O)(=O)N(C)Cc2ccc(C)cc2)cc1C(=O)N1CCOCC1. The van der Waals surface area contributed by atoms with Crippen LogP contribution < -0.4 is 4.74 Å². The van der Waals surface area contributed by atoms with E-state index in [1.165, 1.54) is 36.7 Å². The first-order valence-corrected chi connectivity index (χ1v) is 10.8. The van der Waals surface area contributed by atoms with Gasteiger partial charge in [0.25, 0.3) is 5.91 Å². The average molecular weight is 419 g/mol. The number of methoxy groups -OCH3 is 1. The molecule has 2 aromatic carbocycles. The molecule has 1 aliphatic heterocycles. The smallest absolute Gasteiger partial charge is 0.257 e. The summed E-state index contributed by atoms with van der Waals surface area (Å²) in [7, 11) is -0.785. The number of carbonyl (C=O) groups excluding carboxylic acids is 1. The van der Waals surface area contributed by atoms with Crippen LogP contribution in [0.2, 0.25) is 0 Å². The molecule has 2 aromatic rings. The first-order valence-electron chi connectivity index (χ1n) is 9.40. The standard InChI is InChI=1S/C21H26N2O5S/c1-16-4-6-17(7-5-16)15-22(2)29(25,26)18-8-9-20(27-3)19(14-18)21(24)23-10-12-28-13-11-23/h4-9,14H,10-13,15H2,1-3H3. The van der Waals surface area contributed by atoms with Crippen LogP contribution in [-0.2, 0) is 21.3 Å². The highest BCUT2D eigenvalue weighted by Crippen LogP contribution is 2.26. The number of nitrogens with zero attached hydrogens (tertiary/aromatic N) is 2. The molecule has 0 aliphatic carbocycles. The summed E-state index contributed by atoms with van der Waals surface area (Å²) in [4.78, 5) is 14.6. The highest BCUT2D eigenvalue weighted by atomic mass is 32.2. The minimum absolute atomic E-state index is 0.0597. The summed E-state index contributed by atoms with van der Waals surface area (Å²) in [5, 5.41) is 0. The molecule has 0 N–H and O–H groups in total. The molecular formula is C21H26N2O5S. The van der Waals surface area contributed by atoms with E-state index in [0.29, 0.717) is 32.1 Å². The topological polar surface area (TPSA) is 76.2 Å². The number of hydrogen-bond donors (Lipinski definition) is 0. The van der Waals surface area contributed by atoms with Gasteiger partial charge in [0.1, 0.15) is 5.75 Å². The number of ether oxygens (including phenoxy) is 2. The summed E-state index contributed by atoms with van der Waals surface area (Å²) in [5.74, 6) is 0.0880. The van der Waals surface area contributed by atoms with Gasteiger partial charge in [0.05, 0.1) is 30.8 Å². The van der Waals surface area contributed by atoms with E-state index >= 15 is 0 Å². The number of hydrogen-bond acceptors (Lipinski definition) is 5. The summed E-state index contributed by atoms with van der Waals surface area (Å²) >= 11 is 0. The van der Waals surface area contributed by atoms with Crippen molar-refractivity contribution in [3.05, 3.63) is 59.2 Å². The van der Waals surface area contributed by atoms with Crippen molar-refractivity contribution in [3.63, 3.8) is 0 Å². The van der Waals surface area contributed by atoms with Gasteiger partial charge in [-0.25, -0.2) is 8.42 Å². The first-order chi connectivity index (χ1) is 13.8. The van der Waals surface area contributed by atoms with Crippen molar-refractivity contribution in [2.24, 2.45) is 0 Å². The Morgan fingerprint density at radius 1 is 1.14 bits per heavy atom. The Hall–Kier alpha value is -2.42. The zero-order valence-electron chi connectivity index (χ0n) is 16.9. The second-order valence-corrected chi connectivity index (χ2v) is 9.06. The Balaban J connectivity index is 1.88. The predicted octanol–water partition coefficient (Wildman–Crippen LogP) is 2.30. The highest BCUT2D eigenvalue weighted by molar-refractivity contribution is 7.89. The molecule has 7 nitrogen and oxygen atoms in total.